The maximum absolute atomic E-state index is 11.0. The minimum atomic E-state index is -1.19. The Bertz CT molecular complexity index is 630. The van der Waals surface area contributed by atoms with Gasteiger partial charge in [0.2, 0.25) is 0 Å². The molecule has 1 aromatic carbocycles. The van der Waals surface area contributed by atoms with Gasteiger partial charge in [-0.3, -0.25) is 0 Å². The number of hydroxylamine groups is 2. The van der Waals surface area contributed by atoms with E-state index in [-0.39, 0.29) is 12.1 Å². The van der Waals surface area contributed by atoms with Gasteiger partial charge in [0.1, 0.15) is 17.0 Å². The third-order valence-corrected chi connectivity index (χ3v) is 4.50. The Morgan fingerprint density at radius 2 is 2.05 bits per heavy atom. The molecule has 2 aliphatic rings. The zero-order valence-corrected chi connectivity index (χ0v) is 10.8. The highest BCUT2D eigenvalue weighted by Crippen LogP contribution is 2.50. The van der Waals surface area contributed by atoms with Gasteiger partial charge in [0, 0.05) is 6.42 Å². The van der Waals surface area contributed by atoms with E-state index in [0.29, 0.717) is 30.7 Å². The number of rotatable bonds is 1. The lowest BCUT2D eigenvalue weighted by Gasteiger charge is -2.33. The molecule has 2 heterocycles. The van der Waals surface area contributed by atoms with Crippen LogP contribution in [-0.2, 0) is 12.0 Å². The van der Waals surface area contributed by atoms with Crippen LogP contribution in [0.3, 0.4) is 0 Å². The van der Waals surface area contributed by atoms with Crippen molar-refractivity contribution in [1.29, 1.82) is 0 Å². The summed E-state index contributed by atoms with van der Waals surface area (Å²) in [5.41, 5.74) is 0.968. The van der Waals surface area contributed by atoms with Gasteiger partial charge in [-0.1, -0.05) is 40.6 Å². The molecule has 6 heteroatoms. The minimum absolute atomic E-state index is 0.242. The maximum atomic E-state index is 11.0. The van der Waals surface area contributed by atoms with Gasteiger partial charge in [0.25, 0.3) is 0 Å². The second kappa shape index (κ2) is 4.12. The van der Waals surface area contributed by atoms with Crippen LogP contribution in [0.2, 0.25) is 0 Å². The Morgan fingerprint density at radius 3 is 2.85 bits per heavy atom. The topological polar surface area (TPSA) is 82.6 Å². The SMILES string of the molecule is ON1[C@H]2CCc3nonc3[C@@]2(O)C[C@H]1c1ccccc1. The van der Waals surface area contributed by atoms with Crippen LogP contribution in [0.25, 0.3) is 0 Å². The van der Waals surface area contributed by atoms with E-state index in [1.165, 1.54) is 5.06 Å². The van der Waals surface area contributed by atoms with Crippen molar-refractivity contribution in [3.05, 3.63) is 47.3 Å². The highest BCUT2D eigenvalue weighted by Gasteiger charge is 2.57. The monoisotopic (exact) mass is 273 g/mol. The number of aryl methyl sites for hydroxylation is 1. The minimum Gasteiger partial charge on any atom is -0.382 e. The third-order valence-electron chi connectivity index (χ3n) is 4.50. The van der Waals surface area contributed by atoms with Crippen LogP contribution in [0, 0.1) is 0 Å². The first kappa shape index (κ1) is 12.0. The van der Waals surface area contributed by atoms with Gasteiger partial charge in [0.15, 0.2) is 0 Å². The molecule has 0 spiro atoms. The predicted molar refractivity (Wildman–Crippen MR) is 67.7 cm³/mol. The highest BCUT2D eigenvalue weighted by molar-refractivity contribution is 5.30. The van der Waals surface area contributed by atoms with E-state index in [2.05, 4.69) is 10.3 Å². The second-order valence-electron chi connectivity index (χ2n) is 5.55. The van der Waals surface area contributed by atoms with Crippen molar-refractivity contribution in [3.8, 4) is 0 Å². The average molecular weight is 273 g/mol. The molecular formula is C14H15N3O3. The Morgan fingerprint density at radius 1 is 1.25 bits per heavy atom. The number of benzene rings is 1. The van der Waals surface area contributed by atoms with Crippen molar-refractivity contribution < 1.29 is 14.9 Å². The summed E-state index contributed by atoms with van der Waals surface area (Å²) in [6.07, 6.45) is 1.68. The first-order valence-corrected chi connectivity index (χ1v) is 6.76. The molecule has 0 amide bonds. The fourth-order valence-corrected chi connectivity index (χ4v) is 3.50. The molecule has 3 atom stereocenters. The standard InChI is InChI=1S/C14H15N3O3/c18-14-8-11(9-4-2-1-3-5-9)17(19)12(14)7-6-10-13(14)16-20-15-10/h1-5,11-12,18-19H,6-8H2/t11-,12-,14+/m0/s1. The molecule has 0 bridgehead atoms. The normalized spacial score (nSPS) is 32.9. The van der Waals surface area contributed by atoms with E-state index in [1.54, 1.807) is 0 Å². The largest absolute Gasteiger partial charge is 0.382 e. The fraction of sp³-hybridized carbons (Fsp3) is 0.429. The van der Waals surface area contributed by atoms with Gasteiger partial charge in [-0.05, 0) is 18.4 Å². The molecule has 1 fully saturated rings. The summed E-state index contributed by atoms with van der Waals surface area (Å²) in [5.74, 6) is 0. The first-order chi connectivity index (χ1) is 9.70. The van der Waals surface area contributed by atoms with Crippen LogP contribution in [0.1, 0.15) is 35.8 Å². The molecule has 6 nitrogen and oxygen atoms in total. The van der Waals surface area contributed by atoms with Crippen LogP contribution in [0.15, 0.2) is 35.0 Å². The van der Waals surface area contributed by atoms with Crippen molar-refractivity contribution in [3.63, 3.8) is 0 Å². The molecule has 20 heavy (non-hydrogen) atoms. The van der Waals surface area contributed by atoms with Gasteiger partial charge >= 0.3 is 0 Å². The van der Waals surface area contributed by atoms with Gasteiger partial charge in [-0.2, -0.15) is 5.06 Å². The molecule has 1 aliphatic carbocycles. The average Bonchev–Trinajstić information content (AvgIpc) is 3.04. The Kier molecular flexibility index (Phi) is 2.47. The van der Waals surface area contributed by atoms with Gasteiger partial charge in [0.05, 0.1) is 12.1 Å². The van der Waals surface area contributed by atoms with E-state index in [4.69, 9.17) is 4.63 Å². The van der Waals surface area contributed by atoms with E-state index >= 15 is 0 Å². The summed E-state index contributed by atoms with van der Waals surface area (Å²) in [7, 11) is 0. The Labute approximate surface area is 115 Å². The van der Waals surface area contributed by atoms with Gasteiger partial charge in [-0.15, -0.1) is 0 Å². The summed E-state index contributed by atoms with van der Waals surface area (Å²) >= 11 is 0. The quantitative estimate of drug-likeness (QED) is 0.817. The summed E-state index contributed by atoms with van der Waals surface area (Å²) in [5, 5.41) is 30.4. The number of hydrogen-bond donors (Lipinski definition) is 2. The second-order valence-corrected chi connectivity index (χ2v) is 5.55. The van der Waals surface area contributed by atoms with Crippen LogP contribution >= 0.6 is 0 Å². The summed E-state index contributed by atoms with van der Waals surface area (Å²) in [6, 6.07) is 9.09. The Hall–Kier alpha value is -1.76. The number of aliphatic hydroxyl groups is 1. The van der Waals surface area contributed by atoms with Gasteiger partial charge < -0.3 is 10.3 Å². The van der Waals surface area contributed by atoms with Crippen LogP contribution in [0.5, 0.6) is 0 Å². The molecule has 4 rings (SSSR count). The molecule has 0 saturated carbocycles. The fourth-order valence-electron chi connectivity index (χ4n) is 3.50. The number of nitrogens with zero attached hydrogens (tertiary/aromatic N) is 3. The number of aromatic nitrogens is 2. The lowest BCUT2D eigenvalue weighted by atomic mass is 9.80. The zero-order valence-electron chi connectivity index (χ0n) is 10.8. The van der Waals surface area contributed by atoms with E-state index < -0.39 is 5.60 Å². The molecule has 0 unspecified atom stereocenters. The van der Waals surface area contributed by atoms with Crippen molar-refractivity contribution in [2.45, 2.75) is 36.9 Å². The maximum Gasteiger partial charge on any atom is 0.141 e. The molecule has 0 radical (unpaired) electrons. The van der Waals surface area contributed by atoms with Crippen molar-refractivity contribution in [2.75, 3.05) is 0 Å². The molecule has 1 aliphatic heterocycles. The van der Waals surface area contributed by atoms with E-state index in [9.17, 15) is 10.3 Å². The van der Waals surface area contributed by atoms with Crippen molar-refractivity contribution in [2.24, 2.45) is 0 Å². The first-order valence-electron chi connectivity index (χ1n) is 6.76. The summed E-state index contributed by atoms with van der Waals surface area (Å²) in [4.78, 5) is 0. The van der Waals surface area contributed by atoms with Crippen molar-refractivity contribution >= 4 is 0 Å². The third kappa shape index (κ3) is 1.49. The molecule has 2 N–H and O–H groups in total. The van der Waals surface area contributed by atoms with Crippen LogP contribution in [-0.4, -0.2) is 31.7 Å². The molecule has 2 aromatic rings. The summed E-state index contributed by atoms with van der Waals surface area (Å²) < 4.78 is 4.76. The lowest BCUT2D eigenvalue weighted by molar-refractivity contribution is -0.163. The zero-order chi connectivity index (χ0) is 13.7. The highest BCUT2D eigenvalue weighted by atomic mass is 16.6. The van der Waals surface area contributed by atoms with E-state index in [0.717, 1.165) is 5.56 Å². The molecule has 1 saturated heterocycles. The summed E-state index contributed by atoms with van der Waals surface area (Å²) in [6.45, 7) is 0. The van der Waals surface area contributed by atoms with Crippen LogP contribution < -0.4 is 0 Å². The molecule has 104 valence electrons. The predicted octanol–water partition coefficient (Wildman–Crippen LogP) is 1.41. The van der Waals surface area contributed by atoms with Crippen LogP contribution in [0.4, 0.5) is 0 Å². The van der Waals surface area contributed by atoms with Crippen molar-refractivity contribution in [1.82, 2.24) is 15.4 Å². The number of hydrogen-bond acceptors (Lipinski definition) is 6. The lowest BCUT2D eigenvalue weighted by Crippen LogP contribution is -2.45. The number of fused-ring (bicyclic) bond motifs is 3. The van der Waals surface area contributed by atoms with Gasteiger partial charge in [-0.25, -0.2) is 4.63 Å². The molecular weight excluding hydrogens is 258 g/mol. The van der Waals surface area contributed by atoms with E-state index in [1.807, 2.05) is 30.3 Å². The Balaban J connectivity index is 1.76. The smallest absolute Gasteiger partial charge is 0.141 e. The molecule has 1 aromatic heterocycles.